The summed E-state index contributed by atoms with van der Waals surface area (Å²) in [6.07, 6.45) is 0. The van der Waals surface area contributed by atoms with Gasteiger partial charge in [0.1, 0.15) is 0 Å². The SMILES string of the molecule is [AsH2]c1cccc2c3ccccc3c3ccccc3c12. The van der Waals surface area contributed by atoms with Gasteiger partial charge in [-0.25, -0.2) is 0 Å². The molecule has 19 heavy (non-hydrogen) atoms. The molecule has 1 unspecified atom stereocenters. The zero-order valence-electron chi connectivity index (χ0n) is 10.4. The standard InChI is InChI=1S/C18H13As/c19-17-11-5-10-16-14-7-2-1-6-12(14)13-8-3-4-9-15(13)18(16)17/h1-11H,19H2. The molecule has 0 bridgehead atoms. The molecule has 4 rings (SSSR count). The van der Waals surface area contributed by atoms with Gasteiger partial charge >= 0.3 is 120 Å². The average molecular weight is 304 g/mol. The van der Waals surface area contributed by atoms with Crippen molar-refractivity contribution in [3.05, 3.63) is 66.7 Å². The third-order valence-electron chi connectivity index (χ3n) is 3.80. The van der Waals surface area contributed by atoms with Crippen molar-refractivity contribution in [2.24, 2.45) is 0 Å². The van der Waals surface area contributed by atoms with Crippen LogP contribution in [-0.4, -0.2) is 16.9 Å². The van der Waals surface area contributed by atoms with Crippen LogP contribution in [0.3, 0.4) is 0 Å². The third kappa shape index (κ3) is 1.53. The first kappa shape index (κ1) is 11.1. The van der Waals surface area contributed by atoms with E-state index in [2.05, 4.69) is 66.7 Å². The Morgan fingerprint density at radius 3 is 1.47 bits per heavy atom. The van der Waals surface area contributed by atoms with Gasteiger partial charge in [-0.3, -0.25) is 0 Å². The van der Waals surface area contributed by atoms with Crippen molar-refractivity contribution in [3.63, 3.8) is 0 Å². The van der Waals surface area contributed by atoms with Crippen molar-refractivity contribution in [2.45, 2.75) is 0 Å². The summed E-state index contributed by atoms with van der Waals surface area (Å²) in [5.74, 6) is 0. The van der Waals surface area contributed by atoms with Crippen LogP contribution in [-0.2, 0) is 0 Å². The molecular weight excluding hydrogens is 291 g/mol. The predicted molar refractivity (Wildman–Crippen MR) is 87.1 cm³/mol. The Balaban J connectivity index is 2.48. The number of fused-ring (bicyclic) bond motifs is 6. The molecule has 0 nitrogen and oxygen atoms in total. The Morgan fingerprint density at radius 2 is 0.895 bits per heavy atom. The summed E-state index contributed by atoms with van der Waals surface area (Å²) in [6, 6.07) is 24.1. The van der Waals surface area contributed by atoms with Crippen LogP contribution in [0.1, 0.15) is 0 Å². The predicted octanol–water partition coefficient (Wildman–Crippen LogP) is 3.40. The van der Waals surface area contributed by atoms with Gasteiger partial charge in [-0.1, -0.05) is 0 Å². The molecule has 0 saturated carbocycles. The van der Waals surface area contributed by atoms with Crippen molar-refractivity contribution < 1.29 is 0 Å². The van der Waals surface area contributed by atoms with Gasteiger partial charge in [-0.2, -0.15) is 0 Å². The van der Waals surface area contributed by atoms with E-state index in [-0.39, 0.29) is 0 Å². The van der Waals surface area contributed by atoms with E-state index in [0.29, 0.717) is 0 Å². The first-order chi connectivity index (χ1) is 9.36. The Labute approximate surface area is 120 Å². The summed E-state index contributed by atoms with van der Waals surface area (Å²) in [4.78, 5) is 0. The first-order valence-corrected chi connectivity index (χ1v) is 7.65. The van der Waals surface area contributed by atoms with E-state index in [1.807, 2.05) is 0 Å². The van der Waals surface area contributed by atoms with Crippen molar-refractivity contribution in [3.8, 4) is 0 Å². The molecule has 4 aromatic rings. The van der Waals surface area contributed by atoms with Gasteiger partial charge in [0.2, 0.25) is 0 Å². The molecule has 1 heteroatoms. The monoisotopic (exact) mass is 304 g/mol. The normalized spacial score (nSPS) is 11.4. The maximum atomic E-state index is 2.24. The van der Waals surface area contributed by atoms with Crippen LogP contribution < -0.4 is 4.35 Å². The van der Waals surface area contributed by atoms with Crippen LogP contribution in [0.15, 0.2) is 66.7 Å². The molecule has 0 radical (unpaired) electrons. The summed E-state index contributed by atoms with van der Waals surface area (Å²) in [5.41, 5.74) is 0. The van der Waals surface area contributed by atoms with E-state index in [0.717, 1.165) is 0 Å². The summed E-state index contributed by atoms with van der Waals surface area (Å²) in [5, 5.41) is 8.22. The second-order valence-electron chi connectivity index (χ2n) is 4.86. The second-order valence-corrected chi connectivity index (χ2v) is 6.17. The van der Waals surface area contributed by atoms with Crippen LogP contribution in [0.2, 0.25) is 0 Å². The molecule has 0 fully saturated rings. The van der Waals surface area contributed by atoms with Crippen molar-refractivity contribution in [2.75, 3.05) is 0 Å². The third-order valence-corrected chi connectivity index (χ3v) is 4.81. The molecule has 1 atom stereocenters. The Hall–Kier alpha value is -1.78. The van der Waals surface area contributed by atoms with Gasteiger partial charge in [0.25, 0.3) is 0 Å². The minimum absolute atomic E-state index is 1.35. The fraction of sp³-hybridized carbons (Fsp3) is 0. The Morgan fingerprint density at radius 1 is 0.474 bits per heavy atom. The fourth-order valence-electron chi connectivity index (χ4n) is 2.98. The first-order valence-electron chi connectivity index (χ1n) is 6.44. The topological polar surface area (TPSA) is 0 Å². The van der Waals surface area contributed by atoms with Crippen LogP contribution >= 0.6 is 0 Å². The average Bonchev–Trinajstić information content (AvgIpc) is 2.47. The van der Waals surface area contributed by atoms with E-state index >= 15 is 0 Å². The summed E-state index contributed by atoms with van der Waals surface area (Å²) in [6.45, 7) is 0. The van der Waals surface area contributed by atoms with E-state index in [1.54, 1.807) is 16.9 Å². The van der Waals surface area contributed by atoms with Crippen LogP contribution in [0.4, 0.5) is 0 Å². The van der Waals surface area contributed by atoms with Gasteiger partial charge in [-0.15, -0.1) is 0 Å². The molecule has 0 aliphatic heterocycles. The summed E-state index contributed by atoms with van der Waals surface area (Å²) in [7, 11) is 0. The van der Waals surface area contributed by atoms with E-state index in [9.17, 15) is 0 Å². The van der Waals surface area contributed by atoms with Crippen molar-refractivity contribution >= 4 is 53.5 Å². The number of hydrogen-bond donors (Lipinski definition) is 0. The molecule has 0 amide bonds. The zero-order valence-corrected chi connectivity index (χ0v) is 12.9. The van der Waals surface area contributed by atoms with Gasteiger partial charge in [0.15, 0.2) is 0 Å². The van der Waals surface area contributed by atoms with Gasteiger partial charge in [-0.05, 0) is 0 Å². The van der Waals surface area contributed by atoms with Crippen molar-refractivity contribution in [1.82, 2.24) is 0 Å². The van der Waals surface area contributed by atoms with Gasteiger partial charge in [0.05, 0.1) is 0 Å². The van der Waals surface area contributed by atoms with E-state index in [4.69, 9.17) is 0 Å². The van der Waals surface area contributed by atoms with Crippen LogP contribution in [0, 0.1) is 0 Å². The van der Waals surface area contributed by atoms with Gasteiger partial charge < -0.3 is 0 Å². The van der Waals surface area contributed by atoms with E-state index in [1.165, 1.54) is 36.7 Å². The van der Waals surface area contributed by atoms with Crippen LogP contribution in [0.25, 0.3) is 32.3 Å². The fourth-order valence-corrected chi connectivity index (χ4v) is 3.87. The molecular formula is C18H13As. The second kappa shape index (κ2) is 4.11. The van der Waals surface area contributed by atoms with Crippen LogP contribution in [0.5, 0.6) is 0 Å². The Kier molecular flexibility index (Phi) is 2.40. The molecule has 0 aliphatic carbocycles. The molecule has 90 valence electrons. The number of benzene rings is 4. The molecule has 0 spiro atoms. The number of rotatable bonds is 0. The molecule has 4 aromatic carbocycles. The molecule has 0 aromatic heterocycles. The molecule has 0 saturated heterocycles. The zero-order chi connectivity index (χ0) is 12.8. The summed E-state index contributed by atoms with van der Waals surface area (Å²) < 4.78 is 1.41. The molecule has 0 aliphatic rings. The molecule has 0 N–H and O–H groups in total. The summed E-state index contributed by atoms with van der Waals surface area (Å²) >= 11 is 1.70. The quantitative estimate of drug-likeness (QED) is 0.345. The van der Waals surface area contributed by atoms with Crippen molar-refractivity contribution in [1.29, 1.82) is 0 Å². The minimum atomic E-state index is 1.35. The van der Waals surface area contributed by atoms with Gasteiger partial charge in [0, 0.05) is 0 Å². The van der Waals surface area contributed by atoms with E-state index < -0.39 is 0 Å². The number of hydrogen-bond acceptors (Lipinski definition) is 0. The molecule has 0 heterocycles. The maximum absolute atomic E-state index is 2.24. The Bertz CT molecular complexity index is 877.